The van der Waals surface area contributed by atoms with Crippen molar-refractivity contribution in [1.29, 1.82) is 10.8 Å². The fourth-order valence-electron chi connectivity index (χ4n) is 6.91. The second kappa shape index (κ2) is 24.6. The normalized spacial score (nSPS) is 13.3. The van der Waals surface area contributed by atoms with Gasteiger partial charge in [-0.15, -0.1) is 0 Å². The molecule has 64 heavy (non-hydrogen) atoms. The van der Waals surface area contributed by atoms with Crippen LogP contribution in [-0.4, -0.2) is 120 Å². The number of aliphatic carboxylic acids is 1. The molecule has 20 heteroatoms. The molecule has 0 bridgehead atoms. The van der Waals surface area contributed by atoms with Gasteiger partial charge in [-0.25, -0.2) is 4.79 Å². The molecule has 19 nitrogen and oxygen atoms in total. The van der Waals surface area contributed by atoms with Crippen LogP contribution in [0.1, 0.15) is 36.8 Å². The number of likely N-dealkylation sites (N-methyl/N-ethyl adjacent to an activating group) is 1. The van der Waals surface area contributed by atoms with Crippen molar-refractivity contribution in [3.05, 3.63) is 96.1 Å². The molecule has 0 unspecified atom stereocenters. The Hall–Kier alpha value is -6.93. The number of amides is 5. The number of fused-ring (bicyclic) bond motifs is 2. The Bertz CT molecular complexity index is 2310. The number of carbonyl (C=O) groups is 6. The number of guanidine groups is 2. The summed E-state index contributed by atoms with van der Waals surface area (Å²) >= 11 is 4.07. The van der Waals surface area contributed by atoms with Crippen molar-refractivity contribution >= 4 is 81.6 Å². The van der Waals surface area contributed by atoms with Crippen LogP contribution in [0.4, 0.5) is 0 Å². The van der Waals surface area contributed by atoms with Crippen LogP contribution in [0.3, 0.4) is 0 Å². The van der Waals surface area contributed by atoms with E-state index in [-0.39, 0.29) is 56.3 Å². The number of carbonyl (C=O) groups excluding carboxylic acids is 5. The molecule has 0 spiro atoms. The summed E-state index contributed by atoms with van der Waals surface area (Å²) in [6, 6.07) is 20.1. The minimum atomic E-state index is -1.36. The van der Waals surface area contributed by atoms with Crippen molar-refractivity contribution in [2.45, 2.75) is 68.7 Å². The van der Waals surface area contributed by atoms with E-state index < -0.39 is 72.3 Å². The molecule has 342 valence electrons. The van der Waals surface area contributed by atoms with Crippen LogP contribution in [0, 0.1) is 10.8 Å². The predicted octanol–water partition coefficient (Wildman–Crippen LogP) is 0.0440. The van der Waals surface area contributed by atoms with E-state index in [4.69, 9.17) is 28.0 Å². The molecule has 5 amide bonds. The zero-order valence-electron chi connectivity index (χ0n) is 35.6. The third kappa shape index (κ3) is 15.8. The van der Waals surface area contributed by atoms with Crippen molar-refractivity contribution < 1.29 is 33.9 Å². The fraction of sp³-hybridized carbons (Fsp3) is 0.364. The van der Waals surface area contributed by atoms with Gasteiger partial charge >= 0.3 is 5.97 Å². The molecule has 0 saturated carbocycles. The summed E-state index contributed by atoms with van der Waals surface area (Å²) in [6.45, 7) is 0.0403. The molecule has 4 aromatic carbocycles. The Balaban J connectivity index is 1.60. The van der Waals surface area contributed by atoms with Gasteiger partial charge in [0, 0.05) is 38.7 Å². The van der Waals surface area contributed by atoms with E-state index in [0.29, 0.717) is 24.1 Å². The first-order valence-electron chi connectivity index (χ1n) is 20.7. The molecule has 0 aromatic heterocycles. The summed E-state index contributed by atoms with van der Waals surface area (Å²) in [7, 11) is 1.41. The van der Waals surface area contributed by atoms with E-state index >= 15 is 0 Å². The van der Waals surface area contributed by atoms with Gasteiger partial charge in [0.05, 0.1) is 12.6 Å². The molecular formula is C44H58N12O7S. The number of carboxylic acids is 1. The molecule has 0 radical (unpaired) electrons. The quantitative estimate of drug-likeness (QED) is 0.0192. The highest BCUT2D eigenvalue weighted by Crippen LogP contribution is 2.19. The number of nitrogens with one attached hydrogen (secondary N) is 8. The van der Waals surface area contributed by atoms with Gasteiger partial charge < -0.3 is 59.1 Å². The average Bonchev–Trinajstić information content (AvgIpc) is 3.26. The van der Waals surface area contributed by atoms with Crippen LogP contribution in [0.5, 0.6) is 0 Å². The van der Waals surface area contributed by atoms with Gasteiger partial charge in [0.15, 0.2) is 11.9 Å². The number of carboxylic acid groups (broad SMARTS) is 1. The number of benzene rings is 4. The maximum atomic E-state index is 14.4. The standard InChI is InChI=1S/C44H58N12O7S/c1-56(41(61)32(45)12-6-18-50-43(46)47)24-37(57)52-34(22-26-14-16-28-8-2-4-10-30(28)20-26)39(59)53-33(13-7-19-51-44(48)49)38(58)54-35(40(60)55-36(25-64)42(62)63)23-27-15-17-29-9-3-5-11-31(29)21-27/h2-5,8-11,14-17,20-21,32-36,64H,6-7,12-13,18-19,22-25,45H2,1H3,(H,52,57)(H,53,59)(H,54,58)(H,55,60)(H,62,63)(H4,46,47,50)(H4,48,49,51)/t32-,33-,34-,35-,36-/m0/s1. The molecule has 4 aromatic rings. The molecule has 0 saturated heterocycles. The molecule has 4 rings (SSSR count). The second-order valence-electron chi connectivity index (χ2n) is 15.4. The lowest BCUT2D eigenvalue weighted by atomic mass is 9.99. The van der Waals surface area contributed by atoms with Crippen LogP contribution < -0.4 is 49.1 Å². The Morgan fingerprint density at radius 2 is 1.08 bits per heavy atom. The lowest BCUT2D eigenvalue weighted by Crippen LogP contribution is -2.59. The average molecular weight is 899 g/mol. The highest BCUT2D eigenvalue weighted by Gasteiger charge is 2.32. The molecular weight excluding hydrogens is 841 g/mol. The van der Waals surface area contributed by atoms with Crippen LogP contribution >= 0.6 is 12.6 Å². The summed E-state index contributed by atoms with van der Waals surface area (Å²) in [4.78, 5) is 82.0. The summed E-state index contributed by atoms with van der Waals surface area (Å²) in [5.74, 6) is -5.57. The Labute approximate surface area is 376 Å². The lowest BCUT2D eigenvalue weighted by molar-refractivity contribution is -0.141. The van der Waals surface area contributed by atoms with Crippen LogP contribution in [0.15, 0.2) is 84.9 Å². The SMILES string of the molecule is CN(CC(=O)N[C@@H](Cc1ccc2ccccc2c1)C(=O)N[C@@H](CCCNC(=N)N)C(=O)N[C@@H](Cc1ccc2ccccc2c1)C(=O)N[C@@H](CS)C(=O)O)C(=O)[C@@H](N)CCCNC(=N)N. The maximum absolute atomic E-state index is 14.4. The molecule has 0 fully saturated rings. The zero-order chi connectivity index (χ0) is 46.8. The minimum Gasteiger partial charge on any atom is -0.480 e. The van der Waals surface area contributed by atoms with E-state index in [1.807, 2.05) is 78.9 Å². The van der Waals surface area contributed by atoms with Gasteiger partial charge in [0.2, 0.25) is 29.5 Å². The van der Waals surface area contributed by atoms with E-state index in [1.165, 1.54) is 7.05 Å². The Morgan fingerprint density at radius 3 is 1.56 bits per heavy atom. The van der Waals surface area contributed by atoms with Crippen molar-refractivity contribution in [1.82, 2.24) is 36.8 Å². The highest BCUT2D eigenvalue weighted by atomic mass is 32.1. The third-order valence-corrected chi connectivity index (χ3v) is 10.7. The minimum absolute atomic E-state index is 0.00966. The van der Waals surface area contributed by atoms with Crippen molar-refractivity contribution in [2.24, 2.45) is 17.2 Å². The van der Waals surface area contributed by atoms with Gasteiger partial charge in [-0.2, -0.15) is 12.6 Å². The van der Waals surface area contributed by atoms with E-state index in [2.05, 4.69) is 44.5 Å². The molecule has 5 atom stereocenters. The monoisotopic (exact) mass is 898 g/mol. The van der Waals surface area contributed by atoms with Gasteiger partial charge in [-0.05, 0) is 58.4 Å². The summed E-state index contributed by atoms with van der Waals surface area (Å²) in [5, 5.41) is 44.1. The highest BCUT2D eigenvalue weighted by molar-refractivity contribution is 7.80. The first-order chi connectivity index (χ1) is 30.5. The van der Waals surface area contributed by atoms with E-state index in [1.54, 1.807) is 6.07 Å². The molecule has 0 aliphatic heterocycles. The first kappa shape index (κ1) is 49.7. The van der Waals surface area contributed by atoms with Gasteiger partial charge in [-0.3, -0.25) is 34.8 Å². The van der Waals surface area contributed by atoms with Crippen LogP contribution in [0.2, 0.25) is 0 Å². The lowest BCUT2D eigenvalue weighted by Gasteiger charge is -2.27. The third-order valence-electron chi connectivity index (χ3n) is 10.3. The Morgan fingerprint density at radius 1 is 0.641 bits per heavy atom. The Kier molecular flexibility index (Phi) is 19.1. The van der Waals surface area contributed by atoms with Crippen LogP contribution in [0.25, 0.3) is 21.5 Å². The summed E-state index contributed by atoms with van der Waals surface area (Å²) < 4.78 is 0. The number of rotatable bonds is 24. The first-order valence-corrected chi connectivity index (χ1v) is 21.3. The largest absolute Gasteiger partial charge is 0.480 e. The predicted molar refractivity (Wildman–Crippen MR) is 248 cm³/mol. The van der Waals surface area contributed by atoms with Gasteiger partial charge in [0.25, 0.3) is 0 Å². The number of thiol groups is 1. The van der Waals surface area contributed by atoms with E-state index in [0.717, 1.165) is 26.4 Å². The molecule has 15 N–H and O–H groups in total. The topological polar surface area (TPSA) is 324 Å². The molecule has 0 aliphatic carbocycles. The van der Waals surface area contributed by atoms with E-state index in [9.17, 15) is 33.9 Å². The molecule has 0 heterocycles. The number of nitrogens with two attached hydrogens (primary N) is 3. The zero-order valence-corrected chi connectivity index (χ0v) is 36.5. The maximum Gasteiger partial charge on any atom is 0.327 e. The summed E-state index contributed by atoms with van der Waals surface area (Å²) in [5.41, 5.74) is 18.2. The van der Waals surface area contributed by atoms with Crippen LogP contribution in [-0.2, 0) is 41.6 Å². The summed E-state index contributed by atoms with van der Waals surface area (Å²) in [6.07, 6.45) is 0.844. The second-order valence-corrected chi connectivity index (χ2v) is 15.7. The van der Waals surface area contributed by atoms with Crippen molar-refractivity contribution in [2.75, 3.05) is 32.4 Å². The number of nitrogens with zero attached hydrogens (tertiary/aromatic N) is 1. The van der Waals surface area contributed by atoms with Crippen molar-refractivity contribution in [3.63, 3.8) is 0 Å². The van der Waals surface area contributed by atoms with Gasteiger partial charge in [-0.1, -0.05) is 84.9 Å². The van der Waals surface area contributed by atoms with Crippen molar-refractivity contribution in [3.8, 4) is 0 Å². The fourth-order valence-corrected chi connectivity index (χ4v) is 7.15. The number of hydrogen-bond donors (Lipinski definition) is 13. The van der Waals surface area contributed by atoms with Gasteiger partial charge in [0.1, 0.15) is 24.2 Å². The molecule has 0 aliphatic rings. The number of hydrogen-bond acceptors (Lipinski definition) is 10. The smallest absolute Gasteiger partial charge is 0.327 e.